The summed E-state index contributed by atoms with van der Waals surface area (Å²) in [4.78, 5) is 13.2. The quantitative estimate of drug-likeness (QED) is 0.798. The molecule has 4 rings (SSSR count). The number of nitrogens with one attached hydrogen (secondary N) is 1. The number of aliphatic hydroxyl groups excluding tert-OH is 1. The van der Waals surface area contributed by atoms with E-state index in [0.29, 0.717) is 11.7 Å². The van der Waals surface area contributed by atoms with Gasteiger partial charge in [-0.3, -0.25) is 4.57 Å². The summed E-state index contributed by atoms with van der Waals surface area (Å²) in [5.41, 5.74) is 8.57. The van der Waals surface area contributed by atoms with Crippen LogP contribution in [-0.2, 0) is 0 Å². The first-order valence-corrected chi connectivity index (χ1v) is 8.32. The van der Waals surface area contributed by atoms with Crippen LogP contribution in [0.4, 0.5) is 11.8 Å². The molecule has 4 N–H and O–H groups in total. The molecule has 2 aliphatic carbocycles. The van der Waals surface area contributed by atoms with E-state index in [1.54, 1.807) is 6.33 Å². The highest BCUT2D eigenvalue weighted by atomic mass is 16.3. The minimum absolute atomic E-state index is 0.198. The number of nitrogens with two attached hydrogens (primary N) is 1. The van der Waals surface area contributed by atoms with Crippen molar-refractivity contribution in [2.75, 3.05) is 17.7 Å². The minimum Gasteiger partial charge on any atom is -0.396 e. The topological polar surface area (TPSA) is 102 Å². The van der Waals surface area contributed by atoms with Crippen LogP contribution in [0.2, 0.25) is 0 Å². The second kappa shape index (κ2) is 5.81. The summed E-state index contributed by atoms with van der Waals surface area (Å²) < 4.78 is 1.88. The van der Waals surface area contributed by atoms with E-state index in [4.69, 9.17) is 10.8 Å². The van der Waals surface area contributed by atoms with E-state index in [1.807, 2.05) is 10.8 Å². The molecule has 0 aliphatic heterocycles. The van der Waals surface area contributed by atoms with Gasteiger partial charge in [0.15, 0.2) is 17.0 Å². The Morgan fingerprint density at radius 3 is 2.87 bits per heavy atom. The Hall–Kier alpha value is -2.15. The first kappa shape index (κ1) is 14.4. The third-order valence-corrected chi connectivity index (χ3v) is 4.76. The fourth-order valence-electron chi connectivity index (χ4n) is 3.31. The maximum absolute atomic E-state index is 9.17. The highest BCUT2D eigenvalue weighted by molar-refractivity contribution is 5.85. The van der Waals surface area contributed by atoms with Crippen LogP contribution in [0, 0.1) is 5.92 Å². The van der Waals surface area contributed by atoms with E-state index >= 15 is 0 Å². The van der Waals surface area contributed by atoms with Crippen molar-refractivity contribution in [3.05, 3.63) is 11.9 Å². The number of rotatable bonds is 4. The van der Waals surface area contributed by atoms with E-state index in [9.17, 15) is 0 Å². The Morgan fingerprint density at radius 1 is 1.30 bits per heavy atom. The van der Waals surface area contributed by atoms with Crippen molar-refractivity contribution < 1.29 is 5.11 Å². The average molecular weight is 314 g/mol. The van der Waals surface area contributed by atoms with Crippen LogP contribution in [-0.4, -0.2) is 37.3 Å². The zero-order valence-electron chi connectivity index (χ0n) is 13.1. The highest BCUT2D eigenvalue weighted by Crippen LogP contribution is 2.38. The van der Waals surface area contributed by atoms with Gasteiger partial charge in [-0.15, -0.1) is 0 Å². The van der Waals surface area contributed by atoms with E-state index in [1.165, 1.54) is 24.8 Å². The molecule has 23 heavy (non-hydrogen) atoms. The molecule has 7 nitrogen and oxygen atoms in total. The number of fused-ring (bicyclic) bond motifs is 1. The van der Waals surface area contributed by atoms with Crippen molar-refractivity contribution in [1.29, 1.82) is 0 Å². The minimum atomic E-state index is 0.198. The largest absolute Gasteiger partial charge is 0.396 e. The number of hydrogen-bond acceptors (Lipinski definition) is 6. The van der Waals surface area contributed by atoms with Crippen molar-refractivity contribution in [2.24, 2.45) is 5.92 Å². The number of anilines is 2. The lowest BCUT2D eigenvalue weighted by atomic mass is 9.95. The Morgan fingerprint density at radius 2 is 2.13 bits per heavy atom. The molecule has 1 atom stereocenters. The second-order valence-corrected chi connectivity index (χ2v) is 6.52. The monoisotopic (exact) mass is 314 g/mol. The standard InChI is InChI=1S/C16H22N6O/c17-16-20-14(19-12-4-2-1-3-5-12)13-15(21-16)22(9-18-13)7-10-6-11(10)8-23/h7,9,11-12,23H,1-6,8H2,(H3,17,19,20,21)/b10-7-/t11-/m1/s1. The summed E-state index contributed by atoms with van der Waals surface area (Å²) in [5, 5.41) is 12.7. The van der Waals surface area contributed by atoms with Crippen molar-refractivity contribution >= 4 is 29.1 Å². The van der Waals surface area contributed by atoms with E-state index in [2.05, 4.69) is 20.3 Å². The van der Waals surface area contributed by atoms with Gasteiger partial charge in [-0.1, -0.05) is 19.3 Å². The molecule has 2 heterocycles. The predicted molar refractivity (Wildman–Crippen MR) is 89.7 cm³/mol. The van der Waals surface area contributed by atoms with Crippen LogP contribution in [0.1, 0.15) is 38.5 Å². The summed E-state index contributed by atoms with van der Waals surface area (Å²) in [6, 6.07) is 0.437. The fraction of sp³-hybridized carbons (Fsp3) is 0.562. The second-order valence-electron chi connectivity index (χ2n) is 6.52. The Kier molecular flexibility index (Phi) is 3.65. The van der Waals surface area contributed by atoms with Gasteiger partial charge < -0.3 is 16.2 Å². The molecule has 0 spiro atoms. The molecule has 2 saturated carbocycles. The third-order valence-electron chi connectivity index (χ3n) is 4.76. The molecule has 2 aliphatic rings. The lowest BCUT2D eigenvalue weighted by Gasteiger charge is -2.23. The molecular weight excluding hydrogens is 292 g/mol. The van der Waals surface area contributed by atoms with E-state index in [0.717, 1.165) is 30.6 Å². The van der Waals surface area contributed by atoms with Crippen molar-refractivity contribution in [3.8, 4) is 0 Å². The van der Waals surface area contributed by atoms with Crippen LogP contribution in [0.15, 0.2) is 11.9 Å². The first-order chi connectivity index (χ1) is 11.2. The van der Waals surface area contributed by atoms with Crippen LogP contribution >= 0.6 is 0 Å². The van der Waals surface area contributed by atoms with Crippen LogP contribution in [0.3, 0.4) is 0 Å². The third kappa shape index (κ3) is 2.88. The van der Waals surface area contributed by atoms with Crippen molar-refractivity contribution in [1.82, 2.24) is 19.5 Å². The molecule has 0 saturated heterocycles. The van der Waals surface area contributed by atoms with E-state index in [-0.39, 0.29) is 18.5 Å². The van der Waals surface area contributed by atoms with E-state index < -0.39 is 0 Å². The fourth-order valence-corrected chi connectivity index (χ4v) is 3.31. The van der Waals surface area contributed by atoms with Crippen LogP contribution in [0.5, 0.6) is 0 Å². The average Bonchev–Trinajstić information content (AvgIpc) is 3.20. The highest BCUT2D eigenvalue weighted by Gasteiger charge is 2.29. The zero-order chi connectivity index (χ0) is 15.8. The normalized spacial score (nSPS) is 23.5. The SMILES string of the molecule is Nc1nc(NC2CCCCC2)c2ncn(/C=C3/C[C@@H]3CO)c2n1. The molecule has 0 amide bonds. The number of hydrogen-bond donors (Lipinski definition) is 3. The number of nitrogens with zero attached hydrogens (tertiary/aromatic N) is 4. The van der Waals surface area contributed by atoms with Crippen LogP contribution in [0.25, 0.3) is 17.4 Å². The zero-order valence-corrected chi connectivity index (χ0v) is 13.1. The van der Waals surface area contributed by atoms with Gasteiger partial charge in [-0.25, -0.2) is 4.98 Å². The Balaban J connectivity index is 1.66. The summed E-state index contributed by atoms with van der Waals surface area (Å²) in [6.45, 7) is 0.198. The molecule has 7 heteroatoms. The molecule has 122 valence electrons. The van der Waals surface area contributed by atoms with Crippen molar-refractivity contribution in [3.63, 3.8) is 0 Å². The number of imidazole rings is 1. The maximum atomic E-state index is 9.17. The van der Waals surface area contributed by atoms with Gasteiger partial charge in [-0.2, -0.15) is 9.97 Å². The number of aliphatic hydroxyl groups is 1. The summed E-state index contributed by atoms with van der Waals surface area (Å²) in [5.74, 6) is 1.27. The van der Waals surface area contributed by atoms with Crippen LogP contribution < -0.4 is 11.1 Å². The molecule has 0 aromatic carbocycles. The van der Waals surface area contributed by atoms with Gasteiger partial charge in [0.1, 0.15) is 6.33 Å². The summed E-state index contributed by atoms with van der Waals surface area (Å²) in [7, 11) is 0. The van der Waals surface area contributed by atoms with Gasteiger partial charge in [0.2, 0.25) is 5.95 Å². The molecule has 2 aromatic heterocycles. The van der Waals surface area contributed by atoms with Gasteiger partial charge >= 0.3 is 0 Å². The Bertz CT molecular complexity index is 746. The summed E-state index contributed by atoms with van der Waals surface area (Å²) >= 11 is 0. The molecular formula is C16H22N6O. The smallest absolute Gasteiger partial charge is 0.224 e. The maximum Gasteiger partial charge on any atom is 0.224 e. The predicted octanol–water partition coefficient (Wildman–Crippen LogP) is 2.01. The molecule has 0 radical (unpaired) electrons. The number of nitrogen functional groups attached to an aromatic ring is 1. The molecule has 2 fully saturated rings. The molecule has 0 unspecified atom stereocenters. The first-order valence-electron chi connectivity index (χ1n) is 8.32. The lowest BCUT2D eigenvalue weighted by molar-refractivity contribution is 0.281. The van der Waals surface area contributed by atoms with Crippen molar-refractivity contribution in [2.45, 2.75) is 44.6 Å². The van der Waals surface area contributed by atoms with Gasteiger partial charge in [0, 0.05) is 24.8 Å². The summed E-state index contributed by atoms with van der Waals surface area (Å²) in [6.07, 6.45) is 10.8. The van der Waals surface area contributed by atoms with Gasteiger partial charge in [0.05, 0.1) is 0 Å². The number of aromatic nitrogens is 4. The lowest BCUT2D eigenvalue weighted by Crippen LogP contribution is -2.23. The Labute approximate surface area is 134 Å². The van der Waals surface area contributed by atoms with Gasteiger partial charge in [-0.05, 0) is 24.8 Å². The van der Waals surface area contributed by atoms with Gasteiger partial charge in [0.25, 0.3) is 0 Å². The molecule has 2 aromatic rings. The molecule has 0 bridgehead atoms.